The van der Waals surface area contributed by atoms with Gasteiger partial charge in [0.2, 0.25) is 5.82 Å². The SMILES string of the molecule is COc1ccc(-c2cn(CC3C(C4CC4)CCN3C(=O)c3cc4c(cc3Br)n(C)c(=O)n4C)nn2)c(F)c1F. The van der Waals surface area contributed by atoms with E-state index >= 15 is 0 Å². The predicted molar refractivity (Wildman–Crippen MR) is 143 cm³/mol. The second-order valence-electron chi connectivity index (χ2n) is 10.3. The van der Waals surface area contributed by atoms with Crippen molar-refractivity contribution in [3.8, 4) is 17.0 Å². The lowest BCUT2D eigenvalue weighted by atomic mass is 9.94. The third-order valence-electron chi connectivity index (χ3n) is 8.13. The highest BCUT2D eigenvalue weighted by Crippen LogP contribution is 2.45. The van der Waals surface area contributed by atoms with Crippen molar-refractivity contribution in [3.05, 3.63) is 62.6 Å². The summed E-state index contributed by atoms with van der Waals surface area (Å²) < 4.78 is 39.1. The number of ether oxygens (including phenoxy) is 1. The molecule has 2 aromatic heterocycles. The first kappa shape index (κ1) is 25.7. The molecule has 2 aliphatic rings. The van der Waals surface area contributed by atoms with Gasteiger partial charge >= 0.3 is 5.69 Å². The molecule has 1 saturated heterocycles. The number of likely N-dealkylation sites (tertiary alicyclic amines) is 1. The molecule has 9 nitrogen and oxygen atoms in total. The van der Waals surface area contributed by atoms with Gasteiger partial charge < -0.3 is 9.64 Å². The Morgan fingerprint density at radius 2 is 1.82 bits per heavy atom. The Bertz CT molecular complexity index is 1670. The van der Waals surface area contributed by atoms with E-state index in [1.165, 1.54) is 23.8 Å². The summed E-state index contributed by atoms with van der Waals surface area (Å²) in [5, 5.41) is 8.28. The highest BCUT2D eigenvalue weighted by molar-refractivity contribution is 9.10. The molecule has 4 aromatic rings. The Kier molecular flexibility index (Phi) is 6.32. The molecule has 0 bridgehead atoms. The highest BCUT2D eigenvalue weighted by atomic mass is 79.9. The molecule has 1 aliphatic heterocycles. The second-order valence-corrected chi connectivity index (χ2v) is 11.2. The van der Waals surface area contributed by atoms with Gasteiger partial charge in [0.1, 0.15) is 5.69 Å². The van der Waals surface area contributed by atoms with Gasteiger partial charge in [-0.05, 0) is 71.3 Å². The fourth-order valence-electron chi connectivity index (χ4n) is 5.87. The zero-order valence-corrected chi connectivity index (χ0v) is 23.3. The van der Waals surface area contributed by atoms with Crippen LogP contribution >= 0.6 is 15.9 Å². The lowest BCUT2D eigenvalue weighted by molar-refractivity contribution is 0.0691. The van der Waals surface area contributed by atoms with Crippen molar-refractivity contribution in [2.24, 2.45) is 25.9 Å². The summed E-state index contributed by atoms with van der Waals surface area (Å²) in [6.07, 6.45) is 4.72. The maximum atomic E-state index is 14.7. The predicted octanol–water partition coefficient (Wildman–Crippen LogP) is 4.13. The molecule has 39 heavy (non-hydrogen) atoms. The molecule has 1 saturated carbocycles. The van der Waals surface area contributed by atoms with E-state index in [0.717, 1.165) is 24.8 Å². The summed E-state index contributed by atoms with van der Waals surface area (Å²) in [7, 11) is 4.67. The molecule has 6 rings (SSSR count). The number of nitrogens with zero attached hydrogens (tertiary/aromatic N) is 6. The summed E-state index contributed by atoms with van der Waals surface area (Å²) in [4.78, 5) is 28.2. The molecule has 2 atom stereocenters. The van der Waals surface area contributed by atoms with E-state index in [2.05, 4.69) is 26.2 Å². The zero-order chi connectivity index (χ0) is 27.6. The third kappa shape index (κ3) is 4.25. The van der Waals surface area contributed by atoms with Crippen LogP contribution in [0.2, 0.25) is 0 Å². The number of benzene rings is 2. The van der Waals surface area contributed by atoms with Crippen molar-refractivity contribution in [2.75, 3.05) is 13.7 Å². The van der Waals surface area contributed by atoms with Crippen LogP contribution in [0.3, 0.4) is 0 Å². The van der Waals surface area contributed by atoms with E-state index in [1.54, 1.807) is 41.7 Å². The minimum atomic E-state index is -1.08. The van der Waals surface area contributed by atoms with E-state index in [1.807, 2.05) is 4.90 Å². The minimum Gasteiger partial charge on any atom is -0.494 e. The highest BCUT2D eigenvalue weighted by Gasteiger charge is 2.45. The number of aromatic nitrogens is 5. The number of amides is 1. The summed E-state index contributed by atoms with van der Waals surface area (Å²) in [6, 6.07) is 6.19. The van der Waals surface area contributed by atoms with Gasteiger partial charge in [0, 0.05) is 30.7 Å². The monoisotopic (exact) mass is 600 g/mol. The van der Waals surface area contributed by atoms with E-state index in [-0.39, 0.29) is 34.6 Å². The van der Waals surface area contributed by atoms with Gasteiger partial charge in [0.15, 0.2) is 11.6 Å². The molecule has 1 amide bonds. The number of rotatable bonds is 6. The number of carbonyl (C=O) groups excluding carboxylic acids is 1. The van der Waals surface area contributed by atoms with Gasteiger partial charge in [-0.1, -0.05) is 5.21 Å². The number of fused-ring (bicyclic) bond motifs is 1. The maximum Gasteiger partial charge on any atom is 0.328 e. The zero-order valence-electron chi connectivity index (χ0n) is 21.7. The average molecular weight is 601 g/mol. The van der Waals surface area contributed by atoms with Gasteiger partial charge in [0.25, 0.3) is 5.91 Å². The summed E-state index contributed by atoms with van der Waals surface area (Å²) in [5.41, 5.74) is 1.93. The number of hydrogen-bond donors (Lipinski definition) is 0. The second kappa shape index (κ2) is 9.58. The van der Waals surface area contributed by atoms with Gasteiger partial charge in [-0.15, -0.1) is 5.10 Å². The molecule has 3 heterocycles. The number of carbonyl (C=O) groups is 1. The quantitative estimate of drug-likeness (QED) is 0.332. The van der Waals surface area contributed by atoms with Gasteiger partial charge in [-0.2, -0.15) is 4.39 Å². The van der Waals surface area contributed by atoms with E-state index in [9.17, 15) is 18.4 Å². The lowest BCUT2D eigenvalue weighted by Crippen LogP contribution is -2.41. The minimum absolute atomic E-state index is 0.0108. The van der Waals surface area contributed by atoms with E-state index in [4.69, 9.17) is 4.74 Å². The van der Waals surface area contributed by atoms with Crippen LogP contribution in [0.15, 0.2) is 39.7 Å². The maximum absolute atomic E-state index is 14.7. The molecular weight excluding hydrogens is 574 g/mol. The third-order valence-corrected chi connectivity index (χ3v) is 8.79. The largest absolute Gasteiger partial charge is 0.494 e. The molecule has 2 aromatic carbocycles. The van der Waals surface area contributed by atoms with Crippen LogP contribution in [0.1, 0.15) is 29.6 Å². The fraction of sp³-hybridized carbons (Fsp3) is 0.407. The Morgan fingerprint density at radius 1 is 1.10 bits per heavy atom. The molecule has 204 valence electrons. The number of hydrogen-bond acceptors (Lipinski definition) is 5. The van der Waals surface area contributed by atoms with Gasteiger partial charge in [-0.3, -0.25) is 13.9 Å². The number of imidazole rings is 1. The van der Waals surface area contributed by atoms with Crippen LogP contribution in [0, 0.1) is 23.5 Å². The van der Waals surface area contributed by atoms with Crippen LogP contribution in [-0.2, 0) is 20.6 Å². The van der Waals surface area contributed by atoms with Crippen molar-refractivity contribution in [1.82, 2.24) is 29.0 Å². The fourth-order valence-corrected chi connectivity index (χ4v) is 6.37. The summed E-state index contributed by atoms with van der Waals surface area (Å²) in [5.74, 6) is -1.59. The lowest BCUT2D eigenvalue weighted by Gasteiger charge is -2.28. The van der Waals surface area contributed by atoms with Gasteiger partial charge in [-0.25, -0.2) is 13.9 Å². The molecule has 2 fully saturated rings. The smallest absolute Gasteiger partial charge is 0.328 e. The molecule has 0 radical (unpaired) electrons. The van der Waals surface area contributed by atoms with Crippen molar-refractivity contribution in [2.45, 2.75) is 31.8 Å². The molecule has 2 unspecified atom stereocenters. The number of methoxy groups -OCH3 is 1. The topological polar surface area (TPSA) is 87.2 Å². The summed E-state index contributed by atoms with van der Waals surface area (Å²) in [6.45, 7) is 0.979. The van der Waals surface area contributed by atoms with Gasteiger partial charge in [0.05, 0.1) is 42.5 Å². The molecule has 0 spiro atoms. The standard InChI is InChI=1S/C27H27BrF2N6O3/c1-33-20-10-17(18(28)11-21(20)34(2)27(33)38)26(37)36-9-8-15(14-4-5-14)22(36)13-35-12-19(31-32-35)16-6-7-23(39-3)25(30)24(16)29/h6-7,10-12,14-15,22H,4-5,8-9,13H2,1-3H3. The average Bonchev–Trinajstić information content (AvgIpc) is 3.46. The Morgan fingerprint density at radius 3 is 2.51 bits per heavy atom. The van der Waals surface area contributed by atoms with Crippen molar-refractivity contribution >= 4 is 32.9 Å². The first-order valence-corrected chi connectivity index (χ1v) is 13.6. The molecular formula is C27H27BrF2N6O3. The van der Waals surface area contributed by atoms with Crippen molar-refractivity contribution in [3.63, 3.8) is 0 Å². The van der Waals surface area contributed by atoms with Crippen LogP contribution < -0.4 is 10.4 Å². The number of halogens is 3. The number of aryl methyl sites for hydroxylation is 2. The Labute approximate surface area is 231 Å². The van der Waals surface area contributed by atoms with Crippen LogP contribution in [0.25, 0.3) is 22.3 Å². The first-order valence-electron chi connectivity index (χ1n) is 12.8. The van der Waals surface area contributed by atoms with E-state index in [0.29, 0.717) is 40.5 Å². The molecule has 1 aliphatic carbocycles. The van der Waals surface area contributed by atoms with Crippen LogP contribution in [0.4, 0.5) is 8.78 Å². The Hall–Kier alpha value is -3.54. The molecule has 12 heteroatoms. The van der Waals surface area contributed by atoms with Crippen molar-refractivity contribution < 1.29 is 18.3 Å². The van der Waals surface area contributed by atoms with Crippen molar-refractivity contribution in [1.29, 1.82) is 0 Å². The first-order chi connectivity index (χ1) is 18.7. The summed E-state index contributed by atoms with van der Waals surface area (Å²) >= 11 is 3.55. The van der Waals surface area contributed by atoms with Crippen LogP contribution in [0.5, 0.6) is 5.75 Å². The molecule has 0 N–H and O–H groups in total. The normalized spacial score (nSPS) is 19.3. The van der Waals surface area contributed by atoms with E-state index < -0.39 is 11.6 Å². The Balaban J connectivity index is 1.31. The van der Waals surface area contributed by atoms with Crippen LogP contribution in [-0.4, -0.2) is 54.6 Å².